The Labute approximate surface area is 299 Å². The van der Waals surface area contributed by atoms with Crippen molar-refractivity contribution in [3.8, 4) is 55.6 Å². The fourth-order valence-corrected chi connectivity index (χ4v) is 8.17. The summed E-state index contributed by atoms with van der Waals surface area (Å²) < 4.78 is 0. The summed E-state index contributed by atoms with van der Waals surface area (Å²) in [6.45, 7) is 6.42. The molecule has 0 spiro atoms. The van der Waals surface area contributed by atoms with Crippen molar-refractivity contribution in [2.24, 2.45) is 0 Å². The summed E-state index contributed by atoms with van der Waals surface area (Å²) in [5.41, 5.74) is 14.6. The predicted octanol–water partition coefficient (Wildman–Crippen LogP) is 14.4. The van der Waals surface area contributed by atoms with Gasteiger partial charge in [0.2, 0.25) is 0 Å². The lowest BCUT2D eigenvalue weighted by molar-refractivity contribution is 1.44. The van der Waals surface area contributed by atoms with Gasteiger partial charge in [-0.3, -0.25) is 0 Å². The van der Waals surface area contributed by atoms with Crippen LogP contribution in [0.1, 0.15) is 11.1 Å². The monoisotopic (exact) mass is 648 g/mol. The molecule has 0 heterocycles. The van der Waals surface area contributed by atoms with Crippen molar-refractivity contribution < 1.29 is 0 Å². The molecule has 0 amide bonds. The average Bonchev–Trinajstić information content (AvgIpc) is 3.20. The van der Waals surface area contributed by atoms with Crippen molar-refractivity contribution >= 4 is 38.4 Å². The first-order chi connectivity index (χ1) is 25.2. The fourth-order valence-electron chi connectivity index (χ4n) is 8.17. The average molecular weight is 649 g/mol. The maximum atomic E-state index is 4.25. The summed E-state index contributed by atoms with van der Waals surface area (Å²) in [5, 5.41) is 7.47. The first kappa shape index (κ1) is 30.6. The molecule has 9 aromatic carbocycles. The number of fused-ring (bicyclic) bond motifs is 3. The summed E-state index contributed by atoms with van der Waals surface area (Å²) in [5.74, 6) is 0. The molecule has 0 nitrogen and oxygen atoms in total. The summed E-state index contributed by atoms with van der Waals surface area (Å²) in [6.07, 6.45) is 2.00. The van der Waals surface area contributed by atoms with Crippen molar-refractivity contribution in [3.05, 3.63) is 200 Å². The van der Waals surface area contributed by atoms with E-state index in [9.17, 15) is 0 Å². The maximum absolute atomic E-state index is 4.25. The number of hydrogen-bond acceptors (Lipinski definition) is 0. The highest BCUT2D eigenvalue weighted by molar-refractivity contribution is 6.29. The number of hydrogen-bond donors (Lipinski definition) is 0. The van der Waals surface area contributed by atoms with E-state index in [-0.39, 0.29) is 0 Å². The highest BCUT2D eigenvalue weighted by atomic mass is 14.3. The van der Waals surface area contributed by atoms with Crippen molar-refractivity contribution in [1.82, 2.24) is 0 Å². The van der Waals surface area contributed by atoms with Crippen molar-refractivity contribution in [2.75, 3.05) is 0 Å². The molecule has 0 saturated heterocycles. The molecule has 9 aromatic rings. The van der Waals surface area contributed by atoms with Crippen LogP contribution in [0.25, 0.3) is 94.0 Å². The van der Waals surface area contributed by atoms with Crippen LogP contribution in [0.5, 0.6) is 0 Å². The Bertz CT molecular complexity index is 2750. The largest absolute Gasteiger partial charge is 0.0984 e. The highest BCUT2D eigenvalue weighted by Crippen LogP contribution is 2.52. The Kier molecular flexibility index (Phi) is 7.64. The van der Waals surface area contributed by atoms with Crippen LogP contribution >= 0.6 is 0 Å². The molecule has 51 heavy (non-hydrogen) atoms. The van der Waals surface area contributed by atoms with Crippen molar-refractivity contribution in [3.63, 3.8) is 0 Å². The zero-order chi connectivity index (χ0) is 34.3. The minimum atomic E-state index is 1.17. The van der Waals surface area contributed by atoms with E-state index in [1.807, 2.05) is 6.08 Å². The van der Waals surface area contributed by atoms with E-state index >= 15 is 0 Å². The summed E-state index contributed by atoms with van der Waals surface area (Å²) in [4.78, 5) is 0. The lowest BCUT2D eigenvalue weighted by Crippen LogP contribution is -1.97. The first-order valence-corrected chi connectivity index (χ1v) is 17.6. The third-order valence-electron chi connectivity index (χ3n) is 10.4. The van der Waals surface area contributed by atoms with Gasteiger partial charge < -0.3 is 0 Å². The molecule has 0 aliphatic rings. The molecule has 0 radical (unpaired) electrons. The number of benzene rings is 9. The molecular weight excluding hydrogens is 613 g/mol. The Balaban J connectivity index is 1.55. The van der Waals surface area contributed by atoms with E-state index in [0.29, 0.717) is 0 Å². The van der Waals surface area contributed by atoms with Crippen LogP contribution in [-0.2, 0) is 0 Å². The van der Waals surface area contributed by atoms with E-state index in [2.05, 4.69) is 195 Å². The van der Waals surface area contributed by atoms with Gasteiger partial charge in [-0.25, -0.2) is 0 Å². The van der Waals surface area contributed by atoms with Gasteiger partial charge in [0.25, 0.3) is 0 Å². The first-order valence-electron chi connectivity index (χ1n) is 17.6. The SMILES string of the molecule is C=Cc1c(C)cccc1-c1ccccc1-c1c2cccc(-c3ccccc3)c2c(-c2cccc3ccccc23)c2cccc(-c3ccccc3)c12. The molecule has 9 rings (SSSR count). The quantitative estimate of drug-likeness (QED) is 0.157. The van der Waals surface area contributed by atoms with Gasteiger partial charge in [-0.1, -0.05) is 195 Å². The molecular formula is C51H36. The lowest BCUT2D eigenvalue weighted by Gasteiger charge is -2.24. The Morgan fingerprint density at radius 3 is 1.43 bits per heavy atom. The van der Waals surface area contributed by atoms with Gasteiger partial charge in [0.15, 0.2) is 0 Å². The molecule has 0 aliphatic heterocycles. The van der Waals surface area contributed by atoms with Crippen LogP contribution in [0.2, 0.25) is 0 Å². The normalized spacial score (nSPS) is 11.3. The van der Waals surface area contributed by atoms with Crippen LogP contribution in [0.3, 0.4) is 0 Å². The third-order valence-corrected chi connectivity index (χ3v) is 10.4. The van der Waals surface area contributed by atoms with Crippen molar-refractivity contribution in [2.45, 2.75) is 6.92 Å². The zero-order valence-electron chi connectivity index (χ0n) is 28.6. The highest BCUT2D eigenvalue weighted by Gasteiger charge is 2.24. The molecule has 0 heteroatoms. The van der Waals surface area contributed by atoms with Crippen LogP contribution < -0.4 is 0 Å². The molecule has 0 unspecified atom stereocenters. The van der Waals surface area contributed by atoms with E-state index in [1.165, 1.54) is 99.1 Å². The molecule has 0 fully saturated rings. The lowest BCUT2D eigenvalue weighted by atomic mass is 9.78. The maximum Gasteiger partial charge on any atom is -0.00137 e. The zero-order valence-corrected chi connectivity index (χ0v) is 28.6. The van der Waals surface area contributed by atoms with Gasteiger partial charge in [-0.05, 0) is 106 Å². The smallest absolute Gasteiger partial charge is 0.00137 e. The van der Waals surface area contributed by atoms with Crippen LogP contribution in [0.15, 0.2) is 189 Å². The molecule has 0 aromatic heterocycles. The second-order valence-corrected chi connectivity index (χ2v) is 13.3. The Morgan fingerprint density at radius 2 is 0.784 bits per heavy atom. The standard InChI is InChI=1S/C51H36/c1-3-38-34(2)18-14-30-42(38)43-26-12-13-27-45(43)51-47-33-17-28-40(36-19-6-4-7-20-36)48(47)50(44-31-15-24-35-23-10-11-25-39(35)44)46-32-16-29-41(49(46)51)37-21-8-5-9-22-37/h3-33H,1H2,2H3. The minimum absolute atomic E-state index is 1.17. The second-order valence-electron chi connectivity index (χ2n) is 13.3. The van der Waals surface area contributed by atoms with E-state index in [4.69, 9.17) is 0 Å². The third kappa shape index (κ3) is 5.07. The molecule has 0 aliphatic carbocycles. The van der Waals surface area contributed by atoms with Gasteiger partial charge in [-0.15, -0.1) is 0 Å². The van der Waals surface area contributed by atoms with Crippen LogP contribution in [-0.4, -0.2) is 0 Å². The van der Waals surface area contributed by atoms with Gasteiger partial charge in [0, 0.05) is 0 Å². The molecule has 240 valence electrons. The summed E-state index contributed by atoms with van der Waals surface area (Å²) in [7, 11) is 0. The van der Waals surface area contributed by atoms with Crippen molar-refractivity contribution in [1.29, 1.82) is 0 Å². The second kappa shape index (κ2) is 12.8. The van der Waals surface area contributed by atoms with Gasteiger partial charge in [0.05, 0.1) is 0 Å². The van der Waals surface area contributed by atoms with E-state index in [0.717, 1.165) is 0 Å². The molecule has 0 saturated carbocycles. The van der Waals surface area contributed by atoms with Gasteiger partial charge in [-0.2, -0.15) is 0 Å². The summed E-state index contributed by atoms with van der Waals surface area (Å²) in [6, 6.07) is 66.5. The molecule has 0 N–H and O–H groups in total. The van der Waals surface area contributed by atoms with E-state index in [1.54, 1.807) is 0 Å². The molecule has 0 bridgehead atoms. The topological polar surface area (TPSA) is 0 Å². The van der Waals surface area contributed by atoms with Crippen LogP contribution in [0, 0.1) is 6.92 Å². The molecule has 0 atom stereocenters. The fraction of sp³-hybridized carbons (Fsp3) is 0.0196. The Morgan fingerprint density at radius 1 is 0.353 bits per heavy atom. The van der Waals surface area contributed by atoms with E-state index < -0.39 is 0 Å². The summed E-state index contributed by atoms with van der Waals surface area (Å²) >= 11 is 0. The predicted molar refractivity (Wildman–Crippen MR) is 221 cm³/mol. The van der Waals surface area contributed by atoms with Crippen LogP contribution in [0.4, 0.5) is 0 Å². The number of rotatable bonds is 6. The van der Waals surface area contributed by atoms with Gasteiger partial charge in [0.1, 0.15) is 0 Å². The Hall–Kier alpha value is -6.50. The minimum Gasteiger partial charge on any atom is -0.0984 e. The number of aryl methyl sites for hydroxylation is 1. The van der Waals surface area contributed by atoms with Gasteiger partial charge >= 0.3 is 0 Å².